The van der Waals surface area contributed by atoms with Crippen LogP contribution in [-0.4, -0.2) is 11.9 Å². The Bertz CT molecular complexity index is 318. The molecule has 1 unspecified atom stereocenters. The molecule has 70 valence electrons. The molecular weight excluding hydrogens is 189 g/mol. The molecular formula is C9H10FNOS. The summed E-state index contributed by atoms with van der Waals surface area (Å²) in [6, 6.07) is 5.15. The molecule has 2 rings (SSSR count). The van der Waals surface area contributed by atoms with Crippen molar-refractivity contribution < 1.29 is 9.23 Å². The molecule has 0 aliphatic carbocycles. The van der Waals surface area contributed by atoms with Crippen LogP contribution in [0, 0.1) is 5.82 Å². The number of hydrogen-bond acceptors (Lipinski definition) is 3. The first-order valence-electron chi connectivity index (χ1n) is 4.07. The van der Waals surface area contributed by atoms with Crippen LogP contribution in [0.15, 0.2) is 23.1 Å². The van der Waals surface area contributed by atoms with Crippen molar-refractivity contribution in [2.24, 2.45) is 5.90 Å². The third kappa shape index (κ3) is 1.70. The first kappa shape index (κ1) is 8.99. The zero-order valence-electron chi connectivity index (χ0n) is 7.00. The molecule has 1 aromatic rings. The van der Waals surface area contributed by atoms with Crippen molar-refractivity contribution in [2.45, 2.75) is 16.6 Å². The van der Waals surface area contributed by atoms with Gasteiger partial charge >= 0.3 is 0 Å². The van der Waals surface area contributed by atoms with E-state index in [9.17, 15) is 4.39 Å². The Morgan fingerprint density at radius 3 is 3.15 bits per heavy atom. The first-order valence-corrected chi connectivity index (χ1v) is 4.95. The van der Waals surface area contributed by atoms with Crippen LogP contribution in [-0.2, 0) is 11.3 Å². The molecule has 1 heterocycles. The molecule has 13 heavy (non-hydrogen) atoms. The predicted molar refractivity (Wildman–Crippen MR) is 49.9 cm³/mol. The van der Waals surface area contributed by atoms with Gasteiger partial charge in [0, 0.05) is 15.7 Å². The highest BCUT2D eigenvalue weighted by Crippen LogP contribution is 2.37. The lowest BCUT2D eigenvalue weighted by Crippen LogP contribution is -2.14. The van der Waals surface area contributed by atoms with E-state index in [1.165, 1.54) is 6.07 Å². The summed E-state index contributed by atoms with van der Waals surface area (Å²) in [5.41, 5.74) is 0.801. The van der Waals surface area contributed by atoms with Gasteiger partial charge in [-0.1, -0.05) is 6.07 Å². The quantitative estimate of drug-likeness (QED) is 0.737. The SMILES string of the molecule is NOCC1Cc2c(F)cccc2S1. The highest BCUT2D eigenvalue weighted by molar-refractivity contribution is 8.00. The zero-order valence-corrected chi connectivity index (χ0v) is 7.81. The third-order valence-corrected chi connectivity index (χ3v) is 3.36. The normalized spacial score (nSPS) is 20.3. The largest absolute Gasteiger partial charge is 0.303 e. The van der Waals surface area contributed by atoms with Gasteiger partial charge in [0.1, 0.15) is 5.82 Å². The molecule has 0 bridgehead atoms. The maximum atomic E-state index is 13.2. The molecule has 0 saturated heterocycles. The Morgan fingerprint density at radius 1 is 1.62 bits per heavy atom. The average Bonchev–Trinajstić information content (AvgIpc) is 2.49. The van der Waals surface area contributed by atoms with Crippen molar-refractivity contribution in [3.05, 3.63) is 29.6 Å². The molecule has 1 aromatic carbocycles. The number of hydrogen-bond donors (Lipinski definition) is 1. The van der Waals surface area contributed by atoms with Crippen LogP contribution >= 0.6 is 11.8 Å². The fourth-order valence-corrected chi connectivity index (χ4v) is 2.73. The van der Waals surface area contributed by atoms with Gasteiger partial charge in [0.25, 0.3) is 0 Å². The van der Waals surface area contributed by atoms with Crippen molar-refractivity contribution in [1.82, 2.24) is 0 Å². The van der Waals surface area contributed by atoms with Gasteiger partial charge in [0.15, 0.2) is 0 Å². The summed E-state index contributed by atoms with van der Waals surface area (Å²) < 4.78 is 13.2. The lowest BCUT2D eigenvalue weighted by Gasteiger charge is -2.03. The van der Waals surface area contributed by atoms with Crippen molar-refractivity contribution in [3.8, 4) is 0 Å². The molecule has 2 N–H and O–H groups in total. The molecule has 0 amide bonds. The van der Waals surface area contributed by atoms with Crippen molar-refractivity contribution >= 4 is 11.8 Å². The van der Waals surface area contributed by atoms with Gasteiger partial charge < -0.3 is 4.84 Å². The van der Waals surface area contributed by atoms with Crippen LogP contribution in [0.3, 0.4) is 0 Å². The third-order valence-electron chi connectivity index (χ3n) is 2.08. The van der Waals surface area contributed by atoms with Crippen LogP contribution in [0.1, 0.15) is 5.56 Å². The van der Waals surface area contributed by atoms with E-state index in [4.69, 9.17) is 5.90 Å². The van der Waals surface area contributed by atoms with Gasteiger partial charge in [0.2, 0.25) is 0 Å². The lowest BCUT2D eigenvalue weighted by molar-refractivity contribution is 0.139. The summed E-state index contributed by atoms with van der Waals surface area (Å²) >= 11 is 1.63. The first-order chi connectivity index (χ1) is 6.31. The van der Waals surface area contributed by atoms with Crippen LogP contribution in [0.2, 0.25) is 0 Å². The van der Waals surface area contributed by atoms with Gasteiger partial charge in [0.05, 0.1) is 6.61 Å². The molecule has 4 heteroatoms. The second-order valence-electron chi connectivity index (χ2n) is 2.99. The predicted octanol–water partition coefficient (Wildman–Crippen LogP) is 1.73. The van der Waals surface area contributed by atoms with E-state index in [1.54, 1.807) is 17.8 Å². The summed E-state index contributed by atoms with van der Waals surface area (Å²) in [6.45, 7) is 0.471. The fourth-order valence-electron chi connectivity index (χ4n) is 1.50. The topological polar surface area (TPSA) is 35.2 Å². The average molecular weight is 199 g/mol. The summed E-state index contributed by atoms with van der Waals surface area (Å²) in [5.74, 6) is 4.85. The number of halogens is 1. The number of fused-ring (bicyclic) bond motifs is 1. The van der Waals surface area contributed by atoms with Gasteiger partial charge in [-0.3, -0.25) is 0 Å². The number of benzene rings is 1. The maximum Gasteiger partial charge on any atom is 0.127 e. The second-order valence-corrected chi connectivity index (χ2v) is 4.34. The molecule has 2 nitrogen and oxygen atoms in total. The molecule has 1 aliphatic rings. The van der Waals surface area contributed by atoms with Crippen LogP contribution in [0.25, 0.3) is 0 Å². The van der Waals surface area contributed by atoms with E-state index >= 15 is 0 Å². The maximum absolute atomic E-state index is 13.2. The number of rotatable bonds is 2. The van der Waals surface area contributed by atoms with E-state index in [2.05, 4.69) is 4.84 Å². The zero-order chi connectivity index (χ0) is 9.26. The molecule has 1 aliphatic heterocycles. The minimum absolute atomic E-state index is 0.121. The minimum Gasteiger partial charge on any atom is -0.303 e. The van der Waals surface area contributed by atoms with E-state index < -0.39 is 0 Å². The summed E-state index contributed by atoms with van der Waals surface area (Å²) in [4.78, 5) is 5.57. The Kier molecular flexibility index (Phi) is 2.53. The minimum atomic E-state index is -0.121. The van der Waals surface area contributed by atoms with Gasteiger partial charge in [-0.25, -0.2) is 10.3 Å². The number of nitrogens with two attached hydrogens (primary N) is 1. The van der Waals surface area contributed by atoms with Crippen LogP contribution in [0.4, 0.5) is 4.39 Å². The Hall–Kier alpha value is -0.580. The Labute approximate surface area is 80.2 Å². The fraction of sp³-hybridized carbons (Fsp3) is 0.333. The lowest BCUT2D eigenvalue weighted by atomic mass is 10.1. The standard InChI is InChI=1S/C9H10FNOS/c10-8-2-1-3-9-7(8)4-6(13-9)5-12-11/h1-3,6H,4-5,11H2. The highest BCUT2D eigenvalue weighted by Gasteiger charge is 2.24. The summed E-state index contributed by atoms with van der Waals surface area (Å²) in [7, 11) is 0. The van der Waals surface area contributed by atoms with E-state index in [0.717, 1.165) is 10.5 Å². The molecule has 0 radical (unpaired) electrons. The van der Waals surface area contributed by atoms with Crippen molar-refractivity contribution in [1.29, 1.82) is 0 Å². The Morgan fingerprint density at radius 2 is 2.46 bits per heavy atom. The van der Waals surface area contributed by atoms with Gasteiger partial charge in [-0.2, -0.15) is 0 Å². The Balaban J connectivity index is 2.20. The van der Waals surface area contributed by atoms with Gasteiger partial charge in [-0.15, -0.1) is 11.8 Å². The van der Waals surface area contributed by atoms with Crippen LogP contribution in [0.5, 0.6) is 0 Å². The van der Waals surface area contributed by atoms with Crippen LogP contribution < -0.4 is 5.90 Å². The molecule has 0 saturated carbocycles. The summed E-state index contributed by atoms with van der Waals surface area (Å²) in [5, 5.41) is 0.261. The smallest absolute Gasteiger partial charge is 0.127 e. The molecule has 1 atom stereocenters. The van der Waals surface area contributed by atoms with Gasteiger partial charge in [-0.05, 0) is 18.6 Å². The highest BCUT2D eigenvalue weighted by atomic mass is 32.2. The molecule has 0 aromatic heterocycles. The molecule has 0 spiro atoms. The summed E-state index contributed by atoms with van der Waals surface area (Å²) in [6.07, 6.45) is 0.712. The monoisotopic (exact) mass is 199 g/mol. The second kappa shape index (κ2) is 3.65. The molecule has 0 fully saturated rings. The number of thioether (sulfide) groups is 1. The van der Waals surface area contributed by atoms with Crippen molar-refractivity contribution in [3.63, 3.8) is 0 Å². The van der Waals surface area contributed by atoms with E-state index in [-0.39, 0.29) is 11.1 Å². The van der Waals surface area contributed by atoms with Crippen molar-refractivity contribution in [2.75, 3.05) is 6.61 Å². The van der Waals surface area contributed by atoms with E-state index in [0.29, 0.717) is 13.0 Å². The van der Waals surface area contributed by atoms with E-state index in [1.807, 2.05) is 6.07 Å².